The van der Waals surface area contributed by atoms with Gasteiger partial charge in [-0.25, -0.2) is 0 Å². The summed E-state index contributed by atoms with van der Waals surface area (Å²) in [5.41, 5.74) is -0.623. The van der Waals surface area contributed by atoms with Crippen molar-refractivity contribution in [2.45, 2.75) is 31.5 Å². The molecule has 19 heavy (non-hydrogen) atoms. The zero-order chi connectivity index (χ0) is 13.5. The Kier molecular flexibility index (Phi) is 2.97. The second kappa shape index (κ2) is 4.53. The molecule has 0 aromatic heterocycles. The van der Waals surface area contributed by atoms with Crippen molar-refractivity contribution < 1.29 is 14.6 Å². The summed E-state index contributed by atoms with van der Waals surface area (Å²) in [6.07, 6.45) is 1.68. The van der Waals surface area contributed by atoms with Gasteiger partial charge in [-0.1, -0.05) is 18.2 Å². The van der Waals surface area contributed by atoms with Gasteiger partial charge >= 0.3 is 0 Å². The van der Waals surface area contributed by atoms with Crippen LogP contribution in [0.5, 0.6) is 5.75 Å². The molecule has 1 atom stereocenters. The first-order valence-corrected chi connectivity index (χ1v) is 6.81. The fourth-order valence-corrected chi connectivity index (χ4v) is 2.66. The fourth-order valence-electron chi connectivity index (χ4n) is 2.66. The van der Waals surface area contributed by atoms with Crippen molar-refractivity contribution in [1.82, 2.24) is 4.90 Å². The molecule has 1 saturated carbocycles. The molecule has 4 heteroatoms. The highest BCUT2D eigenvalue weighted by atomic mass is 16.5. The maximum absolute atomic E-state index is 12.2. The van der Waals surface area contributed by atoms with Crippen LogP contribution in [-0.4, -0.2) is 40.7 Å². The Morgan fingerprint density at radius 2 is 2.00 bits per heavy atom. The topological polar surface area (TPSA) is 49.8 Å². The van der Waals surface area contributed by atoms with Crippen LogP contribution < -0.4 is 4.74 Å². The van der Waals surface area contributed by atoms with Crippen LogP contribution in [0.2, 0.25) is 0 Å². The van der Waals surface area contributed by atoms with Crippen LogP contribution in [0.15, 0.2) is 30.3 Å². The second-order valence-electron chi connectivity index (χ2n) is 5.65. The van der Waals surface area contributed by atoms with Crippen molar-refractivity contribution in [3.05, 3.63) is 30.3 Å². The van der Waals surface area contributed by atoms with Crippen molar-refractivity contribution in [3.63, 3.8) is 0 Å². The lowest BCUT2D eigenvalue weighted by Gasteiger charge is -2.47. The molecule has 2 fully saturated rings. The van der Waals surface area contributed by atoms with Crippen LogP contribution >= 0.6 is 0 Å². The van der Waals surface area contributed by atoms with E-state index in [1.807, 2.05) is 30.3 Å². The summed E-state index contributed by atoms with van der Waals surface area (Å²) in [5.74, 6) is 1.05. The highest BCUT2D eigenvalue weighted by Crippen LogP contribution is 2.44. The Balaban J connectivity index is 1.53. The van der Waals surface area contributed by atoms with E-state index in [2.05, 4.69) is 0 Å². The number of ether oxygens (including phenoxy) is 1. The third-order valence-corrected chi connectivity index (χ3v) is 3.98. The Hall–Kier alpha value is -1.55. The Morgan fingerprint density at radius 1 is 1.37 bits per heavy atom. The second-order valence-corrected chi connectivity index (χ2v) is 5.65. The lowest BCUT2D eigenvalue weighted by atomic mass is 9.88. The molecule has 1 N–H and O–H groups in total. The zero-order valence-electron chi connectivity index (χ0n) is 11.1. The number of rotatable bonds is 4. The monoisotopic (exact) mass is 261 g/mol. The minimum absolute atomic E-state index is 0.0471. The normalized spacial score (nSPS) is 22.5. The van der Waals surface area contributed by atoms with E-state index in [-0.39, 0.29) is 5.91 Å². The molecular formula is C15H19NO3. The third kappa shape index (κ3) is 2.45. The van der Waals surface area contributed by atoms with Crippen LogP contribution in [0.25, 0.3) is 0 Å². The number of hydrogen-bond acceptors (Lipinski definition) is 3. The molecule has 1 aromatic rings. The molecule has 3 rings (SSSR count). The number of likely N-dealkylation sites (tertiary alicyclic amines) is 1. The summed E-state index contributed by atoms with van der Waals surface area (Å²) < 4.78 is 5.60. The summed E-state index contributed by atoms with van der Waals surface area (Å²) in [5, 5.41) is 10.2. The number of amides is 1. The first-order valence-electron chi connectivity index (χ1n) is 6.81. The minimum atomic E-state index is -0.623. The molecule has 4 nitrogen and oxygen atoms in total. The summed E-state index contributed by atoms with van der Waals surface area (Å²) in [7, 11) is 0. The largest absolute Gasteiger partial charge is 0.481 e. The molecule has 1 aromatic carbocycles. The van der Waals surface area contributed by atoms with E-state index in [9.17, 15) is 9.90 Å². The summed E-state index contributed by atoms with van der Waals surface area (Å²) in [4.78, 5) is 13.8. The molecular weight excluding hydrogens is 242 g/mol. The van der Waals surface area contributed by atoms with E-state index in [0.717, 1.165) is 12.8 Å². The van der Waals surface area contributed by atoms with Crippen molar-refractivity contribution >= 4 is 5.91 Å². The van der Waals surface area contributed by atoms with Gasteiger partial charge in [0.05, 0.1) is 13.1 Å². The maximum atomic E-state index is 12.2. The van der Waals surface area contributed by atoms with Gasteiger partial charge in [-0.3, -0.25) is 4.79 Å². The van der Waals surface area contributed by atoms with Gasteiger partial charge in [0.1, 0.15) is 11.4 Å². The van der Waals surface area contributed by atoms with E-state index in [1.54, 1.807) is 11.8 Å². The number of hydrogen-bond donors (Lipinski definition) is 1. The number of aliphatic hydroxyl groups is 1. The number of nitrogens with zero attached hydrogens (tertiary/aromatic N) is 1. The van der Waals surface area contributed by atoms with Gasteiger partial charge < -0.3 is 14.7 Å². The Labute approximate surface area is 113 Å². The predicted octanol–water partition coefficient (Wildman–Crippen LogP) is 1.44. The summed E-state index contributed by atoms with van der Waals surface area (Å²) in [6, 6.07) is 9.33. The molecule has 1 aliphatic carbocycles. The standard InChI is InChI=1S/C15H19NO3/c1-11(19-13-5-3-2-4-6-13)14(17)16-9-15(18,10-16)12-7-8-12/h2-6,11-12,18H,7-10H2,1H3. The van der Waals surface area contributed by atoms with Gasteiger partial charge in [0.15, 0.2) is 6.10 Å². The zero-order valence-corrected chi connectivity index (χ0v) is 11.1. The smallest absolute Gasteiger partial charge is 0.263 e. The van der Waals surface area contributed by atoms with Crippen molar-refractivity contribution in [3.8, 4) is 5.75 Å². The van der Waals surface area contributed by atoms with E-state index >= 15 is 0 Å². The number of para-hydroxylation sites is 1. The molecule has 0 radical (unpaired) electrons. The average Bonchev–Trinajstić information content (AvgIpc) is 3.20. The van der Waals surface area contributed by atoms with Gasteiger partial charge in [-0.15, -0.1) is 0 Å². The molecule has 1 aliphatic heterocycles. The van der Waals surface area contributed by atoms with Crippen LogP contribution in [0.1, 0.15) is 19.8 Å². The summed E-state index contributed by atoms with van der Waals surface area (Å²) >= 11 is 0. The molecule has 2 aliphatic rings. The van der Waals surface area contributed by atoms with Gasteiger partial charge in [0.2, 0.25) is 0 Å². The van der Waals surface area contributed by atoms with Crippen LogP contribution in [-0.2, 0) is 4.79 Å². The minimum Gasteiger partial charge on any atom is -0.481 e. The Morgan fingerprint density at radius 3 is 2.58 bits per heavy atom. The van der Waals surface area contributed by atoms with E-state index < -0.39 is 11.7 Å². The van der Waals surface area contributed by atoms with Crippen molar-refractivity contribution in [1.29, 1.82) is 0 Å². The highest BCUT2D eigenvalue weighted by molar-refractivity contribution is 5.82. The van der Waals surface area contributed by atoms with Gasteiger partial charge in [-0.2, -0.15) is 0 Å². The van der Waals surface area contributed by atoms with Crippen molar-refractivity contribution in [2.75, 3.05) is 13.1 Å². The SMILES string of the molecule is CC(Oc1ccccc1)C(=O)N1CC(O)(C2CC2)C1. The third-order valence-electron chi connectivity index (χ3n) is 3.98. The number of β-amino-alcohol motifs (C(OH)–C–C–N with tert-alkyl or cyclic N) is 1. The Bertz CT molecular complexity index is 464. The van der Waals surface area contributed by atoms with Gasteiger partial charge in [0.25, 0.3) is 5.91 Å². The lowest BCUT2D eigenvalue weighted by molar-refractivity contribution is -0.165. The quantitative estimate of drug-likeness (QED) is 0.892. The van der Waals surface area contributed by atoms with E-state index in [0.29, 0.717) is 24.8 Å². The molecule has 1 unspecified atom stereocenters. The van der Waals surface area contributed by atoms with Gasteiger partial charge in [0, 0.05) is 0 Å². The number of carbonyl (C=O) groups excluding carboxylic acids is 1. The number of benzene rings is 1. The maximum Gasteiger partial charge on any atom is 0.263 e. The van der Waals surface area contributed by atoms with Crippen LogP contribution in [0.3, 0.4) is 0 Å². The summed E-state index contributed by atoms with van der Waals surface area (Å²) in [6.45, 7) is 2.67. The highest BCUT2D eigenvalue weighted by Gasteiger charge is 2.53. The lowest BCUT2D eigenvalue weighted by Crippen LogP contribution is -2.66. The van der Waals surface area contributed by atoms with Crippen LogP contribution in [0, 0.1) is 5.92 Å². The van der Waals surface area contributed by atoms with Gasteiger partial charge in [-0.05, 0) is 37.8 Å². The first kappa shape index (κ1) is 12.5. The molecule has 1 amide bonds. The van der Waals surface area contributed by atoms with E-state index in [1.165, 1.54) is 0 Å². The first-order chi connectivity index (χ1) is 9.08. The fraction of sp³-hybridized carbons (Fsp3) is 0.533. The van der Waals surface area contributed by atoms with Crippen molar-refractivity contribution in [2.24, 2.45) is 5.92 Å². The van der Waals surface area contributed by atoms with Crippen LogP contribution in [0.4, 0.5) is 0 Å². The molecule has 1 heterocycles. The van der Waals surface area contributed by atoms with E-state index in [4.69, 9.17) is 4.74 Å². The average molecular weight is 261 g/mol. The molecule has 102 valence electrons. The number of carbonyl (C=O) groups is 1. The molecule has 0 spiro atoms. The predicted molar refractivity (Wildman–Crippen MR) is 70.8 cm³/mol. The molecule has 1 saturated heterocycles. The molecule has 0 bridgehead atoms.